The number of hydrogen-bond donors (Lipinski definition) is 1. The number of carbonyl (C=O) groups is 1. The molecule has 17 heavy (non-hydrogen) atoms. The van der Waals surface area contributed by atoms with Crippen LogP contribution in [0.3, 0.4) is 0 Å². The summed E-state index contributed by atoms with van der Waals surface area (Å²) in [6.07, 6.45) is 1.77. The molecule has 2 aromatic rings. The van der Waals surface area contributed by atoms with E-state index in [1.54, 1.807) is 12.1 Å². The number of hydrogen-bond acceptors (Lipinski definition) is 4. The van der Waals surface area contributed by atoms with Gasteiger partial charge >= 0.3 is 0 Å². The van der Waals surface area contributed by atoms with Crippen LogP contribution in [0.5, 0.6) is 0 Å². The summed E-state index contributed by atoms with van der Waals surface area (Å²) in [6.45, 7) is 0. The van der Waals surface area contributed by atoms with Crippen molar-refractivity contribution in [1.29, 1.82) is 0 Å². The van der Waals surface area contributed by atoms with E-state index in [1.807, 2.05) is 12.1 Å². The van der Waals surface area contributed by atoms with Gasteiger partial charge in [0.05, 0.1) is 5.69 Å². The van der Waals surface area contributed by atoms with Gasteiger partial charge in [0.1, 0.15) is 6.33 Å². The molecule has 6 nitrogen and oxygen atoms in total. The summed E-state index contributed by atoms with van der Waals surface area (Å²) in [5.41, 5.74) is 1.46. The highest BCUT2D eigenvalue weighted by Crippen LogP contribution is 2.13. The average Bonchev–Trinajstić information content (AvgIpc) is 2.83. The van der Waals surface area contributed by atoms with E-state index >= 15 is 0 Å². The van der Waals surface area contributed by atoms with Crippen molar-refractivity contribution in [1.82, 2.24) is 20.2 Å². The topological polar surface area (TPSA) is 72.7 Å². The molecule has 0 radical (unpaired) electrons. The van der Waals surface area contributed by atoms with Crippen LogP contribution in [0.1, 0.15) is 6.42 Å². The Balaban J connectivity index is 2.15. The predicted octanol–water partition coefficient (Wildman–Crippen LogP) is 1.23. The van der Waals surface area contributed by atoms with Crippen molar-refractivity contribution in [3.63, 3.8) is 0 Å². The van der Waals surface area contributed by atoms with Gasteiger partial charge in [-0.1, -0.05) is 6.07 Å². The van der Waals surface area contributed by atoms with E-state index in [0.29, 0.717) is 11.6 Å². The summed E-state index contributed by atoms with van der Waals surface area (Å²) in [7, 11) is 0. The number of rotatable bonds is 4. The Bertz CT molecular complexity index is 499. The number of tetrazole rings is 1. The number of anilines is 1. The standard InChI is InChI=1S/C10H10ClN5O/c11-5-4-10(17)13-8-2-1-3-9(6-8)16-7-12-14-15-16/h1-3,6-7H,4-5H2,(H,13,17). The van der Waals surface area contributed by atoms with Gasteiger partial charge in [-0.3, -0.25) is 4.79 Å². The van der Waals surface area contributed by atoms with Gasteiger partial charge < -0.3 is 5.32 Å². The molecule has 0 unspecified atom stereocenters. The SMILES string of the molecule is O=C(CCCl)Nc1cccc(-n2cnnn2)c1. The molecule has 0 aliphatic carbocycles. The zero-order valence-corrected chi connectivity index (χ0v) is 9.63. The lowest BCUT2D eigenvalue weighted by molar-refractivity contribution is -0.115. The third-order valence-corrected chi connectivity index (χ3v) is 2.25. The molecule has 1 N–H and O–H groups in total. The molecule has 88 valence electrons. The van der Waals surface area contributed by atoms with Crippen molar-refractivity contribution in [2.24, 2.45) is 0 Å². The first-order valence-electron chi connectivity index (χ1n) is 4.99. The summed E-state index contributed by atoms with van der Waals surface area (Å²) in [5, 5.41) is 13.6. The molecule has 0 bridgehead atoms. The Labute approximate surface area is 103 Å². The van der Waals surface area contributed by atoms with E-state index in [0.717, 1.165) is 5.69 Å². The summed E-state index contributed by atoms with van der Waals surface area (Å²) in [4.78, 5) is 11.4. The second-order valence-electron chi connectivity index (χ2n) is 3.29. The van der Waals surface area contributed by atoms with Gasteiger partial charge in [0, 0.05) is 18.0 Å². The minimum absolute atomic E-state index is 0.117. The maximum Gasteiger partial charge on any atom is 0.225 e. The maximum atomic E-state index is 11.4. The third-order valence-electron chi connectivity index (χ3n) is 2.07. The Kier molecular flexibility index (Phi) is 3.66. The Morgan fingerprint density at radius 3 is 3.06 bits per heavy atom. The van der Waals surface area contributed by atoms with E-state index in [1.165, 1.54) is 11.0 Å². The number of alkyl halides is 1. The molecule has 0 atom stereocenters. The molecule has 1 aromatic heterocycles. The molecule has 0 fully saturated rings. The minimum atomic E-state index is -0.117. The maximum absolute atomic E-state index is 11.4. The van der Waals surface area contributed by atoms with Crippen LogP contribution >= 0.6 is 11.6 Å². The van der Waals surface area contributed by atoms with Gasteiger partial charge in [-0.05, 0) is 28.6 Å². The van der Waals surface area contributed by atoms with Crippen LogP contribution in [0.15, 0.2) is 30.6 Å². The highest BCUT2D eigenvalue weighted by molar-refractivity contribution is 6.19. The zero-order chi connectivity index (χ0) is 12.1. The van der Waals surface area contributed by atoms with Crippen LogP contribution in [-0.4, -0.2) is 32.0 Å². The molecule has 1 aromatic carbocycles. The van der Waals surface area contributed by atoms with Crippen molar-refractivity contribution >= 4 is 23.2 Å². The highest BCUT2D eigenvalue weighted by Gasteiger charge is 2.03. The second kappa shape index (κ2) is 5.40. The predicted molar refractivity (Wildman–Crippen MR) is 63.1 cm³/mol. The lowest BCUT2D eigenvalue weighted by Gasteiger charge is -2.05. The zero-order valence-electron chi connectivity index (χ0n) is 8.88. The molecule has 0 spiro atoms. The summed E-state index contributed by atoms with van der Waals surface area (Å²) in [6, 6.07) is 7.23. The number of nitrogens with zero attached hydrogens (tertiary/aromatic N) is 4. The van der Waals surface area contributed by atoms with Gasteiger partial charge in [-0.2, -0.15) is 0 Å². The Morgan fingerprint density at radius 2 is 2.35 bits per heavy atom. The lowest BCUT2D eigenvalue weighted by Crippen LogP contribution is -2.11. The molecule has 0 saturated carbocycles. The van der Waals surface area contributed by atoms with Crippen LogP contribution in [0.25, 0.3) is 5.69 Å². The first kappa shape index (κ1) is 11.5. The molecule has 2 rings (SSSR count). The molecule has 7 heteroatoms. The van der Waals surface area contributed by atoms with Gasteiger partial charge in [-0.15, -0.1) is 16.7 Å². The monoisotopic (exact) mass is 251 g/mol. The molecule has 0 saturated heterocycles. The average molecular weight is 252 g/mol. The number of amides is 1. The van der Waals surface area contributed by atoms with Gasteiger partial charge in [-0.25, -0.2) is 4.68 Å². The second-order valence-corrected chi connectivity index (χ2v) is 3.67. The molecule has 1 heterocycles. The quantitative estimate of drug-likeness (QED) is 0.830. The van der Waals surface area contributed by atoms with Crippen LogP contribution in [0.2, 0.25) is 0 Å². The van der Waals surface area contributed by atoms with E-state index in [9.17, 15) is 4.79 Å². The van der Waals surface area contributed by atoms with Gasteiger partial charge in [0.25, 0.3) is 0 Å². The van der Waals surface area contributed by atoms with Crippen molar-refractivity contribution in [3.8, 4) is 5.69 Å². The first-order valence-corrected chi connectivity index (χ1v) is 5.52. The summed E-state index contributed by atoms with van der Waals surface area (Å²) in [5.74, 6) is 0.187. The molecule has 0 aliphatic rings. The lowest BCUT2D eigenvalue weighted by atomic mass is 10.2. The Morgan fingerprint density at radius 1 is 1.47 bits per heavy atom. The summed E-state index contributed by atoms with van der Waals surface area (Å²) < 4.78 is 1.51. The number of halogens is 1. The normalized spacial score (nSPS) is 10.2. The molecule has 1 amide bonds. The van der Waals surface area contributed by atoms with Gasteiger partial charge in [0.2, 0.25) is 5.91 Å². The number of carbonyl (C=O) groups excluding carboxylic acids is 1. The third kappa shape index (κ3) is 3.01. The number of benzene rings is 1. The fourth-order valence-corrected chi connectivity index (χ4v) is 1.49. The summed E-state index contributed by atoms with van der Waals surface area (Å²) >= 11 is 5.48. The van der Waals surface area contributed by atoms with E-state index in [4.69, 9.17) is 11.6 Å². The van der Waals surface area contributed by atoms with E-state index in [-0.39, 0.29) is 12.3 Å². The number of aromatic nitrogens is 4. The molecule has 0 aliphatic heterocycles. The molecular formula is C10H10ClN5O. The molecular weight excluding hydrogens is 242 g/mol. The Hall–Kier alpha value is -1.95. The van der Waals surface area contributed by atoms with Crippen LogP contribution in [-0.2, 0) is 4.79 Å². The van der Waals surface area contributed by atoms with E-state index < -0.39 is 0 Å². The minimum Gasteiger partial charge on any atom is -0.326 e. The van der Waals surface area contributed by atoms with Crippen molar-refractivity contribution < 1.29 is 4.79 Å². The van der Waals surface area contributed by atoms with Gasteiger partial charge in [0.15, 0.2) is 0 Å². The largest absolute Gasteiger partial charge is 0.326 e. The number of nitrogens with one attached hydrogen (secondary N) is 1. The van der Waals surface area contributed by atoms with Crippen molar-refractivity contribution in [2.45, 2.75) is 6.42 Å². The smallest absolute Gasteiger partial charge is 0.225 e. The van der Waals surface area contributed by atoms with Crippen LogP contribution in [0, 0.1) is 0 Å². The van der Waals surface area contributed by atoms with Crippen LogP contribution in [0.4, 0.5) is 5.69 Å². The van der Waals surface area contributed by atoms with Crippen LogP contribution < -0.4 is 5.32 Å². The first-order chi connectivity index (χ1) is 8.29. The van der Waals surface area contributed by atoms with Crippen molar-refractivity contribution in [2.75, 3.05) is 11.2 Å². The highest BCUT2D eigenvalue weighted by atomic mass is 35.5. The van der Waals surface area contributed by atoms with Crippen molar-refractivity contribution in [3.05, 3.63) is 30.6 Å². The van der Waals surface area contributed by atoms with E-state index in [2.05, 4.69) is 20.8 Å². The fraction of sp³-hybridized carbons (Fsp3) is 0.200. The fourth-order valence-electron chi connectivity index (χ4n) is 1.32.